The summed E-state index contributed by atoms with van der Waals surface area (Å²) in [7, 11) is 0. The van der Waals surface area contributed by atoms with Gasteiger partial charge in [-0.3, -0.25) is 4.68 Å². The lowest BCUT2D eigenvalue weighted by molar-refractivity contribution is 0.166. The van der Waals surface area contributed by atoms with Crippen molar-refractivity contribution in [2.24, 2.45) is 11.7 Å². The molecule has 1 aliphatic heterocycles. The Morgan fingerprint density at radius 1 is 1.50 bits per heavy atom. The molecule has 2 aliphatic rings. The lowest BCUT2D eigenvalue weighted by Gasteiger charge is -2.25. The van der Waals surface area contributed by atoms with Crippen LogP contribution in [0.5, 0.6) is 5.75 Å². The van der Waals surface area contributed by atoms with Gasteiger partial charge < -0.3 is 15.2 Å². The van der Waals surface area contributed by atoms with Gasteiger partial charge in [0, 0.05) is 12.0 Å². The Morgan fingerprint density at radius 3 is 2.94 bits per heavy atom. The van der Waals surface area contributed by atoms with Crippen LogP contribution in [0.3, 0.4) is 0 Å². The van der Waals surface area contributed by atoms with Crippen LogP contribution in [0.2, 0.25) is 0 Å². The van der Waals surface area contributed by atoms with Gasteiger partial charge in [-0.05, 0) is 26.2 Å². The fourth-order valence-electron chi connectivity index (χ4n) is 2.43. The van der Waals surface area contributed by atoms with Crippen LogP contribution in [0.1, 0.15) is 31.0 Å². The third-order valence-electron chi connectivity index (χ3n) is 4.02. The van der Waals surface area contributed by atoms with E-state index in [9.17, 15) is 0 Å². The van der Waals surface area contributed by atoms with Crippen molar-refractivity contribution < 1.29 is 9.47 Å². The predicted octanol–water partition coefficient (Wildman–Crippen LogP) is 1.27. The molecule has 2 N–H and O–H groups in total. The van der Waals surface area contributed by atoms with Crippen molar-refractivity contribution in [1.82, 2.24) is 9.78 Å². The van der Waals surface area contributed by atoms with Crippen LogP contribution < -0.4 is 10.5 Å². The second-order valence-corrected chi connectivity index (χ2v) is 5.42. The zero-order valence-corrected chi connectivity index (χ0v) is 10.8. The fraction of sp³-hybridized carbons (Fsp3) is 0.769. The molecule has 1 aromatic rings. The van der Waals surface area contributed by atoms with Crippen LogP contribution in [0.25, 0.3) is 0 Å². The van der Waals surface area contributed by atoms with Crippen molar-refractivity contribution in [3.05, 3.63) is 11.9 Å². The zero-order chi connectivity index (χ0) is 12.5. The summed E-state index contributed by atoms with van der Waals surface area (Å²) in [6.45, 7) is 3.97. The topological polar surface area (TPSA) is 62.3 Å². The highest BCUT2D eigenvalue weighted by molar-refractivity contribution is 5.23. The molecule has 3 rings (SSSR count). The van der Waals surface area contributed by atoms with E-state index in [1.807, 2.05) is 13.1 Å². The van der Waals surface area contributed by atoms with Crippen LogP contribution in [0.15, 0.2) is 6.20 Å². The van der Waals surface area contributed by atoms with Gasteiger partial charge in [0.1, 0.15) is 5.69 Å². The van der Waals surface area contributed by atoms with Gasteiger partial charge in [-0.15, -0.1) is 0 Å². The molecule has 0 spiro atoms. The largest absolute Gasteiger partial charge is 0.490 e. The van der Waals surface area contributed by atoms with E-state index in [-0.39, 0.29) is 6.04 Å². The fourth-order valence-corrected chi connectivity index (χ4v) is 2.43. The lowest BCUT2D eigenvalue weighted by atomic mass is 9.93. The van der Waals surface area contributed by atoms with Gasteiger partial charge in [0.2, 0.25) is 0 Å². The Balaban J connectivity index is 1.60. The summed E-state index contributed by atoms with van der Waals surface area (Å²) >= 11 is 0. The molecule has 18 heavy (non-hydrogen) atoms. The smallest absolute Gasteiger partial charge is 0.160 e. The molecule has 100 valence electrons. The van der Waals surface area contributed by atoms with E-state index >= 15 is 0 Å². The van der Waals surface area contributed by atoms with E-state index in [0.717, 1.165) is 11.4 Å². The van der Waals surface area contributed by atoms with Crippen molar-refractivity contribution in [2.45, 2.75) is 38.3 Å². The minimum Gasteiger partial charge on any atom is -0.490 e. The third kappa shape index (κ3) is 2.24. The van der Waals surface area contributed by atoms with Crippen molar-refractivity contribution in [2.75, 3.05) is 19.8 Å². The zero-order valence-electron chi connectivity index (χ0n) is 10.8. The van der Waals surface area contributed by atoms with Crippen LogP contribution in [-0.2, 0) is 4.74 Å². The first kappa shape index (κ1) is 12.0. The molecule has 2 heterocycles. The number of ether oxygens (including phenoxy) is 2. The molecule has 0 aromatic carbocycles. The number of hydrogen-bond acceptors (Lipinski definition) is 4. The molecule has 1 saturated heterocycles. The van der Waals surface area contributed by atoms with Gasteiger partial charge in [0.15, 0.2) is 5.75 Å². The molecule has 1 saturated carbocycles. The number of rotatable bonds is 4. The summed E-state index contributed by atoms with van der Waals surface area (Å²) < 4.78 is 13.2. The van der Waals surface area contributed by atoms with Gasteiger partial charge in [-0.1, -0.05) is 0 Å². The molecule has 1 aliphatic carbocycles. The van der Waals surface area contributed by atoms with Crippen LogP contribution >= 0.6 is 0 Å². The van der Waals surface area contributed by atoms with E-state index in [4.69, 9.17) is 15.2 Å². The summed E-state index contributed by atoms with van der Waals surface area (Å²) in [4.78, 5) is 0. The molecule has 0 unspecified atom stereocenters. The van der Waals surface area contributed by atoms with Crippen LogP contribution in [-0.4, -0.2) is 35.6 Å². The van der Waals surface area contributed by atoms with E-state index in [0.29, 0.717) is 31.8 Å². The molecule has 0 radical (unpaired) electrons. The van der Waals surface area contributed by atoms with Crippen molar-refractivity contribution in [3.8, 4) is 5.75 Å². The first-order chi connectivity index (χ1) is 8.74. The van der Waals surface area contributed by atoms with Gasteiger partial charge >= 0.3 is 0 Å². The lowest BCUT2D eigenvalue weighted by Crippen LogP contribution is -2.32. The Labute approximate surface area is 107 Å². The monoisotopic (exact) mass is 251 g/mol. The standard InChI is InChI=1S/C13H21N3O2/c1-9-13(5-16(15-9)11-3-2-4-11)18-7-10-6-17-8-12(10)14/h5,10-12H,2-4,6-8,14H2,1H3/t10-,12+/m0/s1. The Hall–Kier alpha value is -1.07. The average molecular weight is 251 g/mol. The number of aryl methyl sites for hydroxylation is 1. The predicted molar refractivity (Wildman–Crippen MR) is 67.6 cm³/mol. The third-order valence-corrected chi connectivity index (χ3v) is 4.02. The van der Waals surface area contributed by atoms with Gasteiger partial charge in [-0.25, -0.2) is 0 Å². The molecule has 2 fully saturated rings. The second-order valence-electron chi connectivity index (χ2n) is 5.42. The van der Waals surface area contributed by atoms with E-state index in [1.165, 1.54) is 19.3 Å². The highest BCUT2D eigenvalue weighted by Gasteiger charge is 2.26. The second kappa shape index (κ2) is 4.90. The Bertz CT molecular complexity index is 414. The molecule has 0 amide bonds. The highest BCUT2D eigenvalue weighted by Crippen LogP contribution is 2.32. The first-order valence-corrected chi connectivity index (χ1v) is 6.76. The number of aromatic nitrogens is 2. The molecule has 1 aromatic heterocycles. The molecule has 0 bridgehead atoms. The molecular formula is C13H21N3O2. The normalized spacial score (nSPS) is 28.3. The maximum atomic E-state index is 5.94. The Kier molecular flexibility index (Phi) is 3.26. The van der Waals surface area contributed by atoms with Crippen LogP contribution in [0, 0.1) is 12.8 Å². The highest BCUT2D eigenvalue weighted by atomic mass is 16.5. The number of nitrogens with two attached hydrogens (primary N) is 1. The van der Waals surface area contributed by atoms with Crippen molar-refractivity contribution in [1.29, 1.82) is 0 Å². The summed E-state index contributed by atoms with van der Waals surface area (Å²) in [6, 6.07) is 0.685. The minimum atomic E-state index is 0.104. The number of nitrogens with zero attached hydrogens (tertiary/aromatic N) is 2. The van der Waals surface area contributed by atoms with E-state index in [2.05, 4.69) is 9.78 Å². The Morgan fingerprint density at radius 2 is 2.33 bits per heavy atom. The van der Waals surface area contributed by atoms with Gasteiger partial charge in [0.05, 0.1) is 32.1 Å². The quantitative estimate of drug-likeness (QED) is 0.875. The summed E-state index contributed by atoms with van der Waals surface area (Å²) in [6.07, 6.45) is 5.82. The van der Waals surface area contributed by atoms with Gasteiger partial charge in [0.25, 0.3) is 0 Å². The van der Waals surface area contributed by atoms with Crippen LogP contribution in [0.4, 0.5) is 0 Å². The SMILES string of the molecule is Cc1nn(C2CCC2)cc1OC[C@@H]1COC[C@H]1N. The summed E-state index contributed by atoms with van der Waals surface area (Å²) in [5.74, 6) is 1.19. The van der Waals surface area contributed by atoms with Crippen molar-refractivity contribution >= 4 is 0 Å². The summed E-state index contributed by atoms with van der Waals surface area (Å²) in [5.41, 5.74) is 6.91. The molecule has 2 atom stereocenters. The summed E-state index contributed by atoms with van der Waals surface area (Å²) in [5, 5.41) is 4.53. The number of hydrogen-bond donors (Lipinski definition) is 1. The maximum absolute atomic E-state index is 5.94. The molecule has 5 heteroatoms. The molecular weight excluding hydrogens is 230 g/mol. The van der Waals surface area contributed by atoms with E-state index in [1.54, 1.807) is 0 Å². The minimum absolute atomic E-state index is 0.104. The first-order valence-electron chi connectivity index (χ1n) is 6.76. The average Bonchev–Trinajstić information content (AvgIpc) is 2.81. The maximum Gasteiger partial charge on any atom is 0.160 e. The van der Waals surface area contributed by atoms with Crippen molar-refractivity contribution in [3.63, 3.8) is 0 Å². The van der Waals surface area contributed by atoms with E-state index < -0.39 is 0 Å². The molecule has 5 nitrogen and oxygen atoms in total. The van der Waals surface area contributed by atoms with Gasteiger partial charge in [-0.2, -0.15) is 5.10 Å².